The summed E-state index contributed by atoms with van der Waals surface area (Å²) >= 11 is 1.80. The Bertz CT molecular complexity index is 643. The zero-order valence-electron chi connectivity index (χ0n) is 16.7. The van der Waals surface area contributed by atoms with Crippen molar-refractivity contribution in [1.29, 1.82) is 0 Å². The van der Waals surface area contributed by atoms with Crippen LogP contribution < -0.4 is 5.32 Å². The molecule has 1 aliphatic carbocycles. The zero-order valence-corrected chi connectivity index (χ0v) is 17.5. The molecular weight excluding hydrogens is 356 g/mol. The first kappa shape index (κ1) is 20.2. The number of rotatable bonds is 5. The van der Waals surface area contributed by atoms with Crippen LogP contribution >= 0.6 is 11.8 Å². The van der Waals surface area contributed by atoms with Gasteiger partial charge in [-0.2, -0.15) is 0 Å². The van der Waals surface area contributed by atoms with Crippen LogP contribution in [0.3, 0.4) is 0 Å². The van der Waals surface area contributed by atoms with E-state index in [9.17, 15) is 9.59 Å². The summed E-state index contributed by atoms with van der Waals surface area (Å²) in [4.78, 5) is 28.3. The molecule has 1 saturated carbocycles. The van der Waals surface area contributed by atoms with Crippen molar-refractivity contribution in [3.63, 3.8) is 0 Å². The minimum atomic E-state index is -0.379. The van der Waals surface area contributed by atoms with Gasteiger partial charge in [0.15, 0.2) is 0 Å². The lowest BCUT2D eigenvalue weighted by molar-refractivity contribution is -0.126. The summed E-state index contributed by atoms with van der Waals surface area (Å²) in [5.41, 5.74) is 0.676. The van der Waals surface area contributed by atoms with E-state index in [0.717, 1.165) is 12.8 Å². The number of hydrogen-bond acceptors (Lipinski definition) is 3. The predicted octanol–water partition coefficient (Wildman–Crippen LogP) is 4.31. The van der Waals surface area contributed by atoms with Crippen molar-refractivity contribution in [3.8, 4) is 0 Å². The van der Waals surface area contributed by atoms with Gasteiger partial charge in [0.2, 0.25) is 5.91 Å². The summed E-state index contributed by atoms with van der Waals surface area (Å²) in [6, 6.07) is 9.14. The fourth-order valence-electron chi connectivity index (χ4n) is 3.99. The smallest absolute Gasteiger partial charge is 0.255 e. The number of nitrogens with one attached hydrogen (secondary N) is 1. The molecule has 1 aromatic carbocycles. The summed E-state index contributed by atoms with van der Waals surface area (Å²) in [5.74, 6) is 1.54. The molecule has 4 nitrogen and oxygen atoms in total. The molecule has 0 spiro atoms. The van der Waals surface area contributed by atoms with Crippen LogP contribution in [0.4, 0.5) is 0 Å². The molecule has 5 heteroatoms. The quantitative estimate of drug-likeness (QED) is 0.818. The largest absolute Gasteiger partial charge is 0.352 e. The highest BCUT2D eigenvalue weighted by Crippen LogP contribution is 2.41. The zero-order chi connectivity index (χ0) is 19.4. The minimum absolute atomic E-state index is 0.00600. The van der Waals surface area contributed by atoms with Crippen LogP contribution in [-0.4, -0.2) is 39.9 Å². The molecule has 1 aliphatic heterocycles. The van der Waals surface area contributed by atoms with Crippen LogP contribution in [0.5, 0.6) is 0 Å². The van der Waals surface area contributed by atoms with Gasteiger partial charge in [0, 0.05) is 17.4 Å². The Morgan fingerprint density at radius 1 is 1.07 bits per heavy atom. The van der Waals surface area contributed by atoms with Gasteiger partial charge in [-0.05, 0) is 43.7 Å². The van der Waals surface area contributed by atoms with Crippen molar-refractivity contribution in [1.82, 2.24) is 10.2 Å². The first-order valence-corrected chi connectivity index (χ1v) is 11.3. The highest BCUT2D eigenvalue weighted by molar-refractivity contribution is 8.00. The molecule has 2 amide bonds. The number of nitrogens with zero attached hydrogens (tertiary/aromatic N) is 1. The second kappa shape index (κ2) is 9.13. The summed E-state index contributed by atoms with van der Waals surface area (Å²) in [5, 5.41) is 3.25. The maximum atomic E-state index is 13.4. The van der Waals surface area contributed by atoms with Crippen molar-refractivity contribution in [2.24, 2.45) is 11.8 Å². The second-order valence-corrected chi connectivity index (χ2v) is 9.41. The fraction of sp³-hybridized carbons (Fsp3) is 0.636. The SMILES string of the molecule is CC(C)C(C)NC(=O)C1CSC(C2CCCCC2)N1C(=O)c1ccccc1. The van der Waals surface area contributed by atoms with Crippen LogP contribution in [0.2, 0.25) is 0 Å². The first-order valence-electron chi connectivity index (χ1n) is 10.3. The number of carbonyl (C=O) groups excluding carboxylic acids is 2. The summed E-state index contributed by atoms with van der Waals surface area (Å²) < 4.78 is 0. The van der Waals surface area contributed by atoms with E-state index in [1.54, 1.807) is 11.8 Å². The molecule has 1 saturated heterocycles. The number of amides is 2. The lowest BCUT2D eigenvalue weighted by Crippen LogP contribution is -2.53. The van der Waals surface area contributed by atoms with Crippen molar-refractivity contribution >= 4 is 23.6 Å². The predicted molar refractivity (Wildman–Crippen MR) is 112 cm³/mol. The lowest BCUT2D eigenvalue weighted by atomic mass is 9.88. The third kappa shape index (κ3) is 4.68. The van der Waals surface area contributed by atoms with Gasteiger partial charge in [-0.15, -0.1) is 11.8 Å². The maximum absolute atomic E-state index is 13.4. The van der Waals surface area contributed by atoms with Gasteiger partial charge in [0.1, 0.15) is 6.04 Å². The fourth-order valence-corrected chi connectivity index (χ4v) is 5.63. The van der Waals surface area contributed by atoms with Gasteiger partial charge in [-0.25, -0.2) is 0 Å². The van der Waals surface area contributed by atoms with Crippen molar-refractivity contribution < 1.29 is 9.59 Å². The molecule has 0 bridgehead atoms. The van der Waals surface area contributed by atoms with Gasteiger partial charge >= 0.3 is 0 Å². The van der Waals surface area contributed by atoms with Crippen molar-refractivity contribution in [2.75, 3.05) is 5.75 Å². The summed E-state index contributed by atoms with van der Waals surface area (Å²) in [7, 11) is 0. The second-order valence-electron chi connectivity index (χ2n) is 8.26. The average Bonchev–Trinajstić information content (AvgIpc) is 3.13. The standard InChI is InChI=1S/C22H32N2O2S/c1-15(2)16(3)23-20(25)19-14-27-22(18-12-8-5-9-13-18)24(19)21(26)17-10-6-4-7-11-17/h4,6-7,10-11,15-16,18-19,22H,5,8-9,12-14H2,1-3H3,(H,23,25). The molecule has 3 atom stereocenters. The molecule has 2 fully saturated rings. The van der Waals surface area contributed by atoms with Crippen LogP contribution in [0.25, 0.3) is 0 Å². The maximum Gasteiger partial charge on any atom is 0.255 e. The average molecular weight is 389 g/mol. The third-order valence-electron chi connectivity index (χ3n) is 6.02. The Morgan fingerprint density at radius 3 is 2.37 bits per heavy atom. The van der Waals surface area contributed by atoms with Crippen LogP contribution in [-0.2, 0) is 4.79 Å². The summed E-state index contributed by atoms with van der Waals surface area (Å²) in [6.07, 6.45) is 6.07. The third-order valence-corrected chi connectivity index (χ3v) is 7.48. The van der Waals surface area contributed by atoms with Gasteiger partial charge in [0.25, 0.3) is 5.91 Å². The normalized spacial score (nSPS) is 24.8. The Hall–Kier alpha value is -1.49. The molecule has 1 N–H and O–H groups in total. The monoisotopic (exact) mass is 388 g/mol. The number of benzene rings is 1. The molecule has 1 heterocycles. The first-order chi connectivity index (χ1) is 13.0. The Morgan fingerprint density at radius 2 is 1.74 bits per heavy atom. The highest BCUT2D eigenvalue weighted by Gasteiger charge is 2.45. The number of thioether (sulfide) groups is 1. The molecule has 148 valence electrons. The van der Waals surface area contributed by atoms with Gasteiger partial charge in [0.05, 0.1) is 5.37 Å². The topological polar surface area (TPSA) is 49.4 Å². The Balaban J connectivity index is 1.83. The van der Waals surface area contributed by atoms with E-state index in [0.29, 0.717) is 23.2 Å². The molecular formula is C22H32N2O2S. The molecule has 3 rings (SSSR count). The van der Waals surface area contributed by atoms with Crippen molar-refractivity contribution in [3.05, 3.63) is 35.9 Å². The summed E-state index contributed by atoms with van der Waals surface area (Å²) in [6.45, 7) is 6.24. The molecule has 2 aliphatic rings. The van der Waals surface area contributed by atoms with Gasteiger partial charge in [-0.3, -0.25) is 9.59 Å². The highest BCUT2D eigenvalue weighted by atomic mass is 32.2. The molecule has 0 aromatic heterocycles. The number of carbonyl (C=O) groups is 2. The van der Waals surface area contributed by atoms with Gasteiger partial charge < -0.3 is 10.2 Å². The number of hydrogen-bond donors (Lipinski definition) is 1. The Kier molecular flexibility index (Phi) is 6.85. The van der Waals surface area contributed by atoms with Crippen molar-refractivity contribution in [2.45, 2.75) is 70.3 Å². The molecule has 0 radical (unpaired) electrons. The minimum Gasteiger partial charge on any atom is -0.352 e. The van der Waals surface area contributed by atoms with E-state index in [-0.39, 0.29) is 29.3 Å². The molecule has 27 heavy (non-hydrogen) atoms. The lowest BCUT2D eigenvalue weighted by Gasteiger charge is -2.36. The van der Waals surface area contributed by atoms with Crippen LogP contribution in [0.1, 0.15) is 63.2 Å². The van der Waals surface area contributed by atoms with Crippen LogP contribution in [0, 0.1) is 11.8 Å². The van der Waals surface area contributed by atoms with Gasteiger partial charge in [-0.1, -0.05) is 51.3 Å². The molecule has 1 aromatic rings. The Labute approximate surface area is 167 Å². The van der Waals surface area contributed by atoms with E-state index in [4.69, 9.17) is 0 Å². The van der Waals surface area contributed by atoms with E-state index >= 15 is 0 Å². The van der Waals surface area contributed by atoms with E-state index in [1.807, 2.05) is 42.2 Å². The van der Waals surface area contributed by atoms with E-state index < -0.39 is 0 Å². The van der Waals surface area contributed by atoms with E-state index in [1.165, 1.54) is 19.3 Å². The van der Waals surface area contributed by atoms with E-state index in [2.05, 4.69) is 19.2 Å². The molecule has 3 unspecified atom stereocenters. The van der Waals surface area contributed by atoms with Crippen LogP contribution in [0.15, 0.2) is 30.3 Å².